The first kappa shape index (κ1) is 23.0. The Morgan fingerprint density at radius 2 is 1.71 bits per heavy atom. The number of halogens is 1. The molecule has 9 heteroatoms. The lowest BCUT2D eigenvalue weighted by molar-refractivity contribution is -0.118. The molecule has 1 amide bonds. The molecule has 0 aliphatic heterocycles. The fourth-order valence-electron chi connectivity index (χ4n) is 3.31. The Morgan fingerprint density at radius 3 is 2.44 bits per heavy atom. The van der Waals surface area contributed by atoms with Crippen molar-refractivity contribution >= 4 is 23.4 Å². The van der Waals surface area contributed by atoms with Gasteiger partial charge in [-0.25, -0.2) is 4.39 Å². The van der Waals surface area contributed by atoms with Crippen molar-refractivity contribution < 1.29 is 9.18 Å². The Hall–Kier alpha value is -4.16. The number of rotatable bonds is 9. The third-order valence-corrected chi connectivity index (χ3v) is 5.83. The first-order valence-corrected chi connectivity index (χ1v) is 11.5. The highest BCUT2D eigenvalue weighted by atomic mass is 32.2. The molecule has 2 N–H and O–H groups in total. The molecule has 4 rings (SSSR count). The molecule has 0 atom stereocenters. The molecule has 0 aliphatic rings. The molecule has 170 valence electrons. The van der Waals surface area contributed by atoms with E-state index in [1.807, 2.05) is 71.3 Å². The standard InChI is InChI=1S/C25H21FN6OS/c26-21-12-7-13-22(20(21)16-27)28-14-15-29-23(33)17-34-25-31-30-24(18-8-3-1-4-9-18)32(25)19-10-5-2-6-11-19/h1-13,28H,14-15,17H2,(H,29,33). The third kappa shape index (κ3) is 5.42. The van der Waals surface area contributed by atoms with Gasteiger partial charge in [0.2, 0.25) is 5.91 Å². The lowest BCUT2D eigenvalue weighted by atomic mass is 10.2. The number of nitrogens with one attached hydrogen (secondary N) is 2. The van der Waals surface area contributed by atoms with Gasteiger partial charge < -0.3 is 10.6 Å². The second-order valence-corrected chi connectivity index (χ2v) is 8.13. The number of thioether (sulfide) groups is 1. The summed E-state index contributed by atoms with van der Waals surface area (Å²) in [5.41, 5.74) is 2.19. The summed E-state index contributed by atoms with van der Waals surface area (Å²) in [6.45, 7) is 0.675. The van der Waals surface area contributed by atoms with Crippen molar-refractivity contribution in [3.63, 3.8) is 0 Å². The topological polar surface area (TPSA) is 95.6 Å². The van der Waals surface area contributed by atoms with Crippen molar-refractivity contribution in [1.82, 2.24) is 20.1 Å². The predicted molar refractivity (Wildman–Crippen MR) is 130 cm³/mol. The van der Waals surface area contributed by atoms with E-state index in [-0.39, 0.29) is 17.2 Å². The molecule has 1 heterocycles. The van der Waals surface area contributed by atoms with Crippen LogP contribution in [-0.4, -0.2) is 39.5 Å². The molecule has 0 spiro atoms. The number of hydrogen-bond donors (Lipinski definition) is 2. The maximum atomic E-state index is 13.7. The molecular weight excluding hydrogens is 451 g/mol. The average molecular weight is 473 g/mol. The van der Waals surface area contributed by atoms with E-state index in [1.165, 1.54) is 23.9 Å². The second-order valence-electron chi connectivity index (χ2n) is 7.18. The van der Waals surface area contributed by atoms with Crippen LogP contribution >= 0.6 is 11.8 Å². The van der Waals surface area contributed by atoms with Crippen molar-refractivity contribution in [2.45, 2.75) is 5.16 Å². The van der Waals surface area contributed by atoms with E-state index >= 15 is 0 Å². The van der Waals surface area contributed by atoms with E-state index in [1.54, 1.807) is 6.07 Å². The third-order valence-electron chi connectivity index (χ3n) is 4.90. The van der Waals surface area contributed by atoms with E-state index in [9.17, 15) is 9.18 Å². The Balaban J connectivity index is 1.37. The zero-order valence-electron chi connectivity index (χ0n) is 18.1. The molecule has 0 fully saturated rings. The molecule has 0 bridgehead atoms. The first-order valence-electron chi connectivity index (χ1n) is 10.6. The highest BCUT2D eigenvalue weighted by Crippen LogP contribution is 2.27. The number of amides is 1. The number of carbonyl (C=O) groups is 1. The number of anilines is 1. The van der Waals surface area contributed by atoms with Crippen molar-refractivity contribution in [2.75, 3.05) is 24.2 Å². The smallest absolute Gasteiger partial charge is 0.230 e. The summed E-state index contributed by atoms with van der Waals surface area (Å²) < 4.78 is 15.6. The van der Waals surface area contributed by atoms with Gasteiger partial charge in [0.1, 0.15) is 17.4 Å². The maximum Gasteiger partial charge on any atom is 0.230 e. The van der Waals surface area contributed by atoms with Gasteiger partial charge in [0, 0.05) is 24.3 Å². The van der Waals surface area contributed by atoms with Crippen LogP contribution in [0.1, 0.15) is 5.56 Å². The summed E-state index contributed by atoms with van der Waals surface area (Å²) in [4.78, 5) is 12.4. The molecule has 0 saturated heterocycles. The van der Waals surface area contributed by atoms with Crippen LogP contribution in [0.3, 0.4) is 0 Å². The van der Waals surface area contributed by atoms with E-state index < -0.39 is 5.82 Å². The highest BCUT2D eigenvalue weighted by molar-refractivity contribution is 7.99. The molecule has 34 heavy (non-hydrogen) atoms. The van der Waals surface area contributed by atoms with E-state index in [0.717, 1.165) is 11.3 Å². The predicted octanol–water partition coefficient (Wildman–Crippen LogP) is 4.27. The van der Waals surface area contributed by atoms with Crippen LogP contribution in [0.5, 0.6) is 0 Å². The molecule has 0 saturated carbocycles. The minimum absolute atomic E-state index is 0.0427. The lowest BCUT2D eigenvalue weighted by Gasteiger charge is -2.11. The fourth-order valence-corrected chi connectivity index (χ4v) is 4.09. The SMILES string of the molecule is N#Cc1c(F)cccc1NCCNC(=O)CSc1nnc(-c2ccccc2)n1-c1ccccc1. The van der Waals surface area contributed by atoms with Crippen LogP contribution in [0.2, 0.25) is 0 Å². The Labute approximate surface area is 200 Å². The van der Waals surface area contributed by atoms with E-state index in [0.29, 0.717) is 29.8 Å². The van der Waals surface area contributed by atoms with Crippen molar-refractivity contribution in [1.29, 1.82) is 5.26 Å². The van der Waals surface area contributed by atoms with Gasteiger partial charge >= 0.3 is 0 Å². The zero-order valence-corrected chi connectivity index (χ0v) is 18.9. The molecule has 1 aromatic heterocycles. The van der Waals surface area contributed by atoms with Gasteiger partial charge in [0.15, 0.2) is 11.0 Å². The summed E-state index contributed by atoms with van der Waals surface area (Å²) in [5.74, 6) is 0.103. The number of hydrogen-bond acceptors (Lipinski definition) is 6. The monoisotopic (exact) mass is 472 g/mol. The van der Waals surface area contributed by atoms with Gasteiger partial charge in [-0.1, -0.05) is 66.4 Å². The van der Waals surface area contributed by atoms with Crippen LogP contribution in [0.15, 0.2) is 84.0 Å². The average Bonchev–Trinajstić information content (AvgIpc) is 3.30. The number of nitrogens with zero attached hydrogens (tertiary/aromatic N) is 4. The van der Waals surface area contributed by atoms with Gasteiger partial charge in [-0.15, -0.1) is 10.2 Å². The van der Waals surface area contributed by atoms with Crippen LogP contribution in [0.4, 0.5) is 10.1 Å². The van der Waals surface area contributed by atoms with Crippen molar-refractivity contribution in [3.05, 3.63) is 90.2 Å². The lowest BCUT2D eigenvalue weighted by Crippen LogP contribution is -2.30. The molecule has 0 unspecified atom stereocenters. The van der Waals surface area contributed by atoms with Gasteiger partial charge in [0.25, 0.3) is 0 Å². The molecule has 0 aliphatic carbocycles. The molecule has 0 radical (unpaired) electrons. The second kappa shape index (κ2) is 11.1. The number of nitriles is 1. The molecular formula is C25H21FN6OS. The summed E-state index contributed by atoms with van der Waals surface area (Å²) in [5, 5.41) is 24.2. The Morgan fingerprint density at radius 1 is 0.971 bits per heavy atom. The van der Waals surface area contributed by atoms with Gasteiger partial charge in [-0.3, -0.25) is 9.36 Å². The van der Waals surface area contributed by atoms with E-state index in [4.69, 9.17) is 5.26 Å². The number of carbonyl (C=O) groups excluding carboxylic acids is 1. The summed E-state index contributed by atoms with van der Waals surface area (Å²) in [6, 6.07) is 25.7. The van der Waals surface area contributed by atoms with Crippen molar-refractivity contribution in [2.24, 2.45) is 0 Å². The van der Waals surface area contributed by atoms with Crippen LogP contribution in [-0.2, 0) is 4.79 Å². The zero-order chi connectivity index (χ0) is 23.8. The maximum absolute atomic E-state index is 13.7. The fraction of sp³-hybridized carbons (Fsp3) is 0.120. The molecule has 7 nitrogen and oxygen atoms in total. The summed E-state index contributed by atoms with van der Waals surface area (Å²) in [7, 11) is 0. The molecule has 3 aromatic carbocycles. The van der Waals surface area contributed by atoms with Gasteiger partial charge in [-0.2, -0.15) is 5.26 Å². The van der Waals surface area contributed by atoms with Crippen molar-refractivity contribution in [3.8, 4) is 23.1 Å². The normalized spacial score (nSPS) is 10.5. The quantitative estimate of drug-likeness (QED) is 0.279. The highest BCUT2D eigenvalue weighted by Gasteiger charge is 2.17. The number of benzene rings is 3. The summed E-state index contributed by atoms with van der Waals surface area (Å²) in [6.07, 6.45) is 0. The Kier molecular flexibility index (Phi) is 7.53. The van der Waals surface area contributed by atoms with Gasteiger partial charge in [-0.05, 0) is 24.3 Å². The summed E-state index contributed by atoms with van der Waals surface area (Å²) >= 11 is 1.29. The van der Waals surface area contributed by atoms with Crippen LogP contribution in [0, 0.1) is 17.1 Å². The minimum Gasteiger partial charge on any atom is -0.382 e. The number of para-hydroxylation sites is 1. The van der Waals surface area contributed by atoms with Crippen LogP contribution in [0.25, 0.3) is 17.1 Å². The van der Waals surface area contributed by atoms with E-state index in [2.05, 4.69) is 20.8 Å². The van der Waals surface area contributed by atoms with Crippen LogP contribution < -0.4 is 10.6 Å². The first-order chi connectivity index (χ1) is 16.7. The molecule has 4 aromatic rings. The Bertz CT molecular complexity index is 1300. The minimum atomic E-state index is -0.578. The number of aromatic nitrogens is 3. The largest absolute Gasteiger partial charge is 0.382 e. The van der Waals surface area contributed by atoms with Gasteiger partial charge in [0.05, 0.1) is 11.4 Å².